The van der Waals surface area contributed by atoms with Crippen molar-refractivity contribution < 1.29 is 27.9 Å². The van der Waals surface area contributed by atoms with Crippen molar-refractivity contribution in [1.82, 2.24) is 10.9 Å². The molecular weight excluding hydrogens is 384 g/mol. The monoisotopic (exact) mass is 403 g/mol. The summed E-state index contributed by atoms with van der Waals surface area (Å²) in [5, 5.41) is 0. The molecule has 1 aliphatic rings. The molecule has 0 bridgehead atoms. The number of anilines is 1. The van der Waals surface area contributed by atoms with Gasteiger partial charge in [0.1, 0.15) is 22.9 Å². The van der Waals surface area contributed by atoms with Gasteiger partial charge in [0, 0.05) is 18.7 Å². The summed E-state index contributed by atoms with van der Waals surface area (Å²) in [5.41, 5.74) is 3.93. The van der Waals surface area contributed by atoms with Crippen molar-refractivity contribution in [1.29, 1.82) is 0 Å². The van der Waals surface area contributed by atoms with Crippen LogP contribution in [0, 0.1) is 17.6 Å². The van der Waals surface area contributed by atoms with Gasteiger partial charge >= 0.3 is 0 Å². The molecule has 1 aliphatic heterocycles. The number of halogens is 2. The predicted octanol–water partition coefficient (Wildman–Crippen LogP) is 2.18. The molecule has 1 saturated heterocycles. The van der Waals surface area contributed by atoms with Crippen LogP contribution in [0.1, 0.15) is 23.7 Å². The Morgan fingerprint density at radius 3 is 2.38 bits per heavy atom. The van der Waals surface area contributed by atoms with Crippen LogP contribution in [-0.2, 0) is 9.59 Å². The van der Waals surface area contributed by atoms with Gasteiger partial charge in [-0.2, -0.15) is 0 Å². The molecule has 1 fully saturated rings. The summed E-state index contributed by atoms with van der Waals surface area (Å²) in [6.45, 7) is 2.50. The highest BCUT2D eigenvalue weighted by Crippen LogP contribution is 2.27. The van der Waals surface area contributed by atoms with E-state index in [2.05, 4.69) is 5.43 Å². The van der Waals surface area contributed by atoms with Gasteiger partial charge in [-0.3, -0.25) is 25.2 Å². The number of hydrazine groups is 1. The first-order valence-electron chi connectivity index (χ1n) is 8.98. The standard InChI is InChI=1S/C20H19F2N3O4/c1-2-29-14-8-6-13(7-9-14)25-11-12(10-17(25)26)19(27)23-24-20(28)18-15(21)4-3-5-16(18)22/h3-9,12H,2,10-11H2,1H3,(H,23,27)(H,24,28)/t12-/m0/s1. The molecule has 0 aromatic heterocycles. The maximum Gasteiger partial charge on any atom is 0.275 e. The average Bonchev–Trinajstić information content (AvgIpc) is 3.08. The van der Waals surface area contributed by atoms with E-state index in [9.17, 15) is 23.2 Å². The third kappa shape index (κ3) is 4.50. The van der Waals surface area contributed by atoms with Gasteiger partial charge < -0.3 is 9.64 Å². The average molecular weight is 403 g/mol. The SMILES string of the molecule is CCOc1ccc(N2C[C@@H](C(=O)NNC(=O)c3c(F)cccc3F)CC2=O)cc1. The van der Waals surface area contributed by atoms with Gasteiger partial charge in [-0.05, 0) is 43.3 Å². The minimum atomic E-state index is -1.12. The molecule has 3 rings (SSSR count). The summed E-state index contributed by atoms with van der Waals surface area (Å²) >= 11 is 0. The summed E-state index contributed by atoms with van der Waals surface area (Å²) in [6.07, 6.45) is -0.0526. The summed E-state index contributed by atoms with van der Waals surface area (Å²) in [6, 6.07) is 9.87. The lowest BCUT2D eigenvalue weighted by atomic mass is 10.1. The number of ether oxygens (including phenoxy) is 1. The zero-order valence-electron chi connectivity index (χ0n) is 15.6. The van der Waals surface area contributed by atoms with Crippen molar-refractivity contribution in [3.8, 4) is 5.75 Å². The Hall–Kier alpha value is -3.49. The maximum atomic E-state index is 13.6. The lowest BCUT2D eigenvalue weighted by Gasteiger charge is -2.17. The number of benzene rings is 2. The van der Waals surface area contributed by atoms with E-state index < -0.39 is 34.9 Å². The highest BCUT2D eigenvalue weighted by atomic mass is 19.1. The van der Waals surface area contributed by atoms with Gasteiger partial charge in [-0.1, -0.05) is 6.07 Å². The summed E-state index contributed by atoms with van der Waals surface area (Å²) < 4.78 is 32.6. The van der Waals surface area contributed by atoms with Gasteiger partial charge in [0.2, 0.25) is 11.8 Å². The largest absolute Gasteiger partial charge is 0.494 e. The minimum Gasteiger partial charge on any atom is -0.494 e. The Labute approximate surface area is 165 Å². The first-order valence-corrected chi connectivity index (χ1v) is 8.98. The molecule has 9 heteroatoms. The van der Waals surface area contributed by atoms with E-state index in [0.29, 0.717) is 18.0 Å². The maximum absolute atomic E-state index is 13.6. The van der Waals surface area contributed by atoms with Crippen LogP contribution in [0.15, 0.2) is 42.5 Å². The molecule has 2 N–H and O–H groups in total. The predicted molar refractivity (Wildman–Crippen MR) is 100 cm³/mol. The molecule has 3 amide bonds. The number of nitrogens with one attached hydrogen (secondary N) is 2. The molecule has 1 heterocycles. The highest BCUT2D eigenvalue weighted by molar-refractivity contribution is 6.01. The molecule has 152 valence electrons. The lowest BCUT2D eigenvalue weighted by molar-refractivity contribution is -0.126. The van der Waals surface area contributed by atoms with E-state index in [-0.39, 0.29) is 18.9 Å². The molecular formula is C20H19F2N3O4. The topological polar surface area (TPSA) is 87.7 Å². The Morgan fingerprint density at radius 1 is 1.10 bits per heavy atom. The normalized spacial score (nSPS) is 15.9. The number of carbonyl (C=O) groups excluding carboxylic acids is 3. The van der Waals surface area contributed by atoms with Crippen molar-refractivity contribution in [3.63, 3.8) is 0 Å². The van der Waals surface area contributed by atoms with E-state index in [1.165, 1.54) is 4.90 Å². The Balaban J connectivity index is 1.59. The van der Waals surface area contributed by atoms with Crippen LogP contribution in [0.2, 0.25) is 0 Å². The van der Waals surface area contributed by atoms with Crippen molar-refractivity contribution >= 4 is 23.4 Å². The fourth-order valence-corrected chi connectivity index (χ4v) is 3.02. The van der Waals surface area contributed by atoms with Crippen LogP contribution in [0.3, 0.4) is 0 Å². The van der Waals surface area contributed by atoms with Crippen LogP contribution in [-0.4, -0.2) is 30.9 Å². The van der Waals surface area contributed by atoms with Crippen molar-refractivity contribution in [2.45, 2.75) is 13.3 Å². The number of amides is 3. The molecule has 2 aromatic rings. The number of hydrogen-bond donors (Lipinski definition) is 2. The van der Waals surface area contributed by atoms with E-state index in [0.717, 1.165) is 18.2 Å². The summed E-state index contributed by atoms with van der Waals surface area (Å²) in [5.74, 6) is -4.15. The molecule has 0 aliphatic carbocycles. The number of rotatable bonds is 5. The van der Waals surface area contributed by atoms with Gasteiger partial charge in [0.05, 0.1) is 12.5 Å². The lowest BCUT2D eigenvalue weighted by Crippen LogP contribution is -2.45. The van der Waals surface area contributed by atoms with Gasteiger partial charge in [-0.25, -0.2) is 8.78 Å². The van der Waals surface area contributed by atoms with Gasteiger partial charge in [0.15, 0.2) is 0 Å². The van der Waals surface area contributed by atoms with Crippen LogP contribution in [0.25, 0.3) is 0 Å². The third-order valence-corrected chi connectivity index (χ3v) is 4.44. The number of nitrogens with zero attached hydrogens (tertiary/aromatic N) is 1. The van der Waals surface area contributed by atoms with Crippen molar-refractivity contribution in [2.24, 2.45) is 5.92 Å². The summed E-state index contributed by atoms with van der Waals surface area (Å²) in [7, 11) is 0. The number of carbonyl (C=O) groups is 3. The molecule has 29 heavy (non-hydrogen) atoms. The summed E-state index contributed by atoms with van der Waals surface area (Å²) in [4.78, 5) is 38.0. The zero-order chi connectivity index (χ0) is 21.0. The van der Waals surface area contributed by atoms with Crippen molar-refractivity contribution in [3.05, 3.63) is 59.7 Å². The fourth-order valence-electron chi connectivity index (χ4n) is 3.02. The van der Waals surface area contributed by atoms with Crippen LogP contribution in [0.4, 0.5) is 14.5 Å². The number of hydrogen-bond acceptors (Lipinski definition) is 4. The van der Waals surface area contributed by atoms with Crippen LogP contribution in [0.5, 0.6) is 5.75 Å². The van der Waals surface area contributed by atoms with E-state index in [4.69, 9.17) is 4.74 Å². The van der Waals surface area contributed by atoms with E-state index in [1.807, 2.05) is 12.3 Å². The molecule has 0 radical (unpaired) electrons. The van der Waals surface area contributed by atoms with Gasteiger partial charge in [0.25, 0.3) is 5.91 Å². The Kier molecular flexibility index (Phi) is 6.06. The van der Waals surface area contributed by atoms with Crippen LogP contribution >= 0.6 is 0 Å². The molecule has 7 nitrogen and oxygen atoms in total. The quantitative estimate of drug-likeness (QED) is 0.749. The first kappa shape index (κ1) is 20.2. The van der Waals surface area contributed by atoms with Gasteiger partial charge in [-0.15, -0.1) is 0 Å². The van der Waals surface area contributed by atoms with E-state index >= 15 is 0 Å². The van der Waals surface area contributed by atoms with Crippen LogP contribution < -0.4 is 20.5 Å². The highest BCUT2D eigenvalue weighted by Gasteiger charge is 2.35. The first-order chi connectivity index (χ1) is 13.9. The molecule has 0 unspecified atom stereocenters. The second-order valence-corrected chi connectivity index (χ2v) is 6.37. The molecule has 1 atom stereocenters. The minimum absolute atomic E-state index is 0.0526. The third-order valence-electron chi connectivity index (χ3n) is 4.44. The zero-order valence-corrected chi connectivity index (χ0v) is 15.6. The molecule has 0 spiro atoms. The molecule has 2 aromatic carbocycles. The van der Waals surface area contributed by atoms with E-state index in [1.54, 1.807) is 24.3 Å². The smallest absolute Gasteiger partial charge is 0.275 e. The second kappa shape index (κ2) is 8.68. The molecule has 0 saturated carbocycles. The fraction of sp³-hybridized carbons (Fsp3) is 0.250. The second-order valence-electron chi connectivity index (χ2n) is 6.37. The Bertz CT molecular complexity index is 914. The van der Waals surface area contributed by atoms with Crippen molar-refractivity contribution in [2.75, 3.05) is 18.1 Å². The Morgan fingerprint density at radius 2 is 1.76 bits per heavy atom.